The molecule has 0 amide bonds. The first-order valence-corrected chi connectivity index (χ1v) is 7.42. The lowest BCUT2D eigenvalue weighted by molar-refractivity contribution is 0.0742. The number of hydrogen-bond acceptors (Lipinski definition) is 4. The van der Waals surface area contributed by atoms with Crippen LogP contribution in [0.15, 0.2) is 24.3 Å². The maximum Gasteiger partial charge on any atom is 0.157 e. The van der Waals surface area contributed by atoms with Crippen LogP contribution in [0.1, 0.15) is 18.4 Å². The molecule has 4 nitrogen and oxygen atoms in total. The van der Waals surface area contributed by atoms with E-state index in [0.717, 1.165) is 5.56 Å². The van der Waals surface area contributed by atoms with Crippen molar-refractivity contribution in [1.29, 1.82) is 0 Å². The molecule has 0 saturated carbocycles. The zero-order valence-corrected chi connectivity index (χ0v) is 10.5. The minimum Gasteiger partial charge on any atom is -0.508 e. The van der Waals surface area contributed by atoms with Gasteiger partial charge in [0.1, 0.15) is 10.5 Å². The molecule has 1 fully saturated rings. The first-order valence-electron chi connectivity index (χ1n) is 5.53. The Morgan fingerprint density at radius 3 is 2.18 bits per heavy atom. The average molecular weight is 256 g/mol. The topological polar surface area (TPSA) is 63.6 Å². The van der Waals surface area contributed by atoms with Crippen LogP contribution in [-0.2, 0) is 19.3 Å². The summed E-state index contributed by atoms with van der Waals surface area (Å²) in [5.74, 6) is 0.143. The molecule has 0 aromatic heterocycles. The molecule has 0 unspecified atom stereocenters. The molecule has 2 rings (SSSR count). The van der Waals surface area contributed by atoms with E-state index in [1.54, 1.807) is 12.1 Å². The zero-order chi connectivity index (χ0) is 12.5. The molecule has 0 radical (unpaired) electrons. The van der Waals surface area contributed by atoms with Crippen molar-refractivity contribution in [2.75, 3.05) is 19.5 Å². The Morgan fingerprint density at radius 2 is 1.71 bits per heavy atom. The van der Waals surface area contributed by atoms with Gasteiger partial charge in [-0.3, -0.25) is 0 Å². The van der Waals surface area contributed by atoms with Crippen LogP contribution in [0.25, 0.3) is 0 Å². The van der Waals surface area contributed by atoms with Crippen LogP contribution in [0.5, 0.6) is 5.75 Å². The number of hydrogen-bond donors (Lipinski definition) is 1. The second kappa shape index (κ2) is 4.31. The van der Waals surface area contributed by atoms with E-state index < -0.39 is 14.6 Å². The van der Waals surface area contributed by atoms with Crippen LogP contribution in [-0.4, -0.2) is 33.0 Å². The third kappa shape index (κ3) is 2.17. The van der Waals surface area contributed by atoms with Gasteiger partial charge in [0, 0.05) is 19.5 Å². The molecular formula is C12H16O4S. The van der Waals surface area contributed by atoms with Crippen LogP contribution < -0.4 is 0 Å². The van der Waals surface area contributed by atoms with Crippen molar-refractivity contribution in [3.63, 3.8) is 0 Å². The maximum atomic E-state index is 12.1. The van der Waals surface area contributed by atoms with Gasteiger partial charge in [0.25, 0.3) is 0 Å². The molecule has 1 heterocycles. The van der Waals surface area contributed by atoms with Gasteiger partial charge in [-0.1, -0.05) is 12.1 Å². The van der Waals surface area contributed by atoms with Gasteiger partial charge in [0.2, 0.25) is 0 Å². The van der Waals surface area contributed by atoms with E-state index in [0.29, 0.717) is 26.1 Å². The Hall–Kier alpha value is -1.07. The number of ether oxygens (including phenoxy) is 1. The van der Waals surface area contributed by atoms with E-state index in [9.17, 15) is 13.5 Å². The highest BCUT2D eigenvalue weighted by molar-refractivity contribution is 7.91. The molecule has 1 aromatic carbocycles. The second-order valence-electron chi connectivity index (χ2n) is 4.43. The normalized spacial score (nSPS) is 20.1. The first-order chi connectivity index (χ1) is 7.96. The largest absolute Gasteiger partial charge is 0.508 e. The van der Waals surface area contributed by atoms with Gasteiger partial charge in [0.15, 0.2) is 9.84 Å². The van der Waals surface area contributed by atoms with Gasteiger partial charge in [-0.25, -0.2) is 8.42 Å². The van der Waals surface area contributed by atoms with Crippen molar-refractivity contribution in [3.05, 3.63) is 29.8 Å². The zero-order valence-electron chi connectivity index (χ0n) is 9.72. The number of phenols is 1. The Balaban J connectivity index is 2.50. The summed E-state index contributed by atoms with van der Waals surface area (Å²) in [6, 6.07) is 6.42. The van der Waals surface area contributed by atoms with Gasteiger partial charge >= 0.3 is 0 Å². The minimum absolute atomic E-state index is 0.143. The predicted molar refractivity (Wildman–Crippen MR) is 64.7 cm³/mol. The molecule has 5 heteroatoms. The van der Waals surface area contributed by atoms with Crippen molar-refractivity contribution in [3.8, 4) is 5.75 Å². The SMILES string of the molecule is CS(=O)(=O)C1(c2ccc(O)cc2)CCOCC1. The van der Waals surface area contributed by atoms with Crippen LogP contribution in [0.4, 0.5) is 0 Å². The molecule has 0 aliphatic carbocycles. The summed E-state index contributed by atoms with van der Waals surface area (Å²) in [5.41, 5.74) is 0.737. The molecule has 0 bridgehead atoms. The summed E-state index contributed by atoms with van der Waals surface area (Å²) in [6.07, 6.45) is 2.21. The Kier molecular flexibility index (Phi) is 3.14. The van der Waals surface area contributed by atoms with E-state index >= 15 is 0 Å². The number of aromatic hydroxyl groups is 1. The lowest BCUT2D eigenvalue weighted by Gasteiger charge is -2.35. The van der Waals surface area contributed by atoms with Gasteiger partial charge in [-0.15, -0.1) is 0 Å². The van der Waals surface area contributed by atoms with Crippen molar-refractivity contribution >= 4 is 9.84 Å². The van der Waals surface area contributed by atoms with Crippen LogP contribution in [0.3, 0.4) is 0 Å². The standard InChI is InChI=1S/C12H16O4S/c1-17(14,15)12(6-8-16-9-7-12)10-2-4-11(13)5-3-10/h2-5,13H,6-9H2,1H3. The summed E-state index contributed by atoms with van der Waals surface area (Å²) in [4.78, 5) is 0. The summed E-state index contributed by atoms with van der Waals surface area (Å²) in [7, 11) is -3.22. The minimum atomic E-state index is -3.22. The van der Waals surface area contributed by atoms with E-state index in [1.807, 2.05) is 0 Å². The van der Waals surface area contributed by atoms with Crippen LogP contribution >= 0.6 is 0 Å². The molecule has 1 N–H and O–H groups in total. The monoisotopic (exact) mass is 256 g/mol. The van der Waals surface area contributed by atoms with Gasteiger partial charge in [-0.2, -0.15) is 0 Å². The van der Waals surface area contributed by atoms with Gasteiger partial charge in [0.05, 0.1) is 0 Å². The summed E-state index contributed by atoms with van der Waals surface area (Å²) >= 11 is 0. The highest BCUT2D eigenvalue weighted by Gasteiger charge is 2.43. The number of rotatable bonds is 2. The lowest BCUT2D eigenvalue weighted by Crippen LogP contribution is -2.40. The molecule has 0 spiro atoms. The third-order valence-electron chi connectivity index (χ3n) is 3.40. The number of phenolic OH excluding ortho intramolecular Hbond substituents is 1. The van der Waals surface area contributed by atoms with E-state index in [1.165, 1.54) is 18.4 Å². The molecule has 1 aliphatic heterocycles. The smallest absolute Gasteiger partial charge is 0.157 e. The fourth-order valence-electron chi connectivity index (χ4n) is 2.34. The fourth-order valence-corrected chi connectivity index (χ4v) is 3.81. The van der Waals surface area contributed by atoms with E-state index in [-0.39, 0.29) is 5.75 Å². The van der Waals surface area contributed by atoms with Gasteiger partial charge in [-0.05, 0) is 30.5 Å². The van der Waals surface area contributed by atoms with Crippen molar-refractivity contribution in [1.82, 2.24) is 0 Å². The van der Waals surface area contributed by atoms with E-state index in [4.69, 9.17) is 4.74 Å². The number of benzene rings is 1. The quantitative estimate of drug-likeness (QED) is 0.869. The summed E-state index contributed by atoms with van der Waals surface area (Å²) < 4.78 is 28.5. The van der Waals surface area contributed by atoms with Crippen molar-refractivity contribution in [2.45, 2.75) is 17.6 Å². The predicted octanol–water partition coefficient (Wildman–Crippen LogP) is 1.44. The fraction of sp³-hybridized carbons (Fsp3) is 0.500. The summed E-state index contributed by atoms with van der Waals surface area (Å²) in [6.45, 7) is 0.905. The molecule has 1 aromatic rings. The first kappa shape index (κ1) is 12.4. The Labute approximate surface area is 101 Å². The van der Waals surface area contributed by atoms with Crippen LogP contribution in [0, 0.1) is 0 Å². The number of sulfone groups is 1. The molecule has 0 atom stereocenters. The highest BCUT2D eigenvalue weighted by Crippen LogP contribution is 2.39. The summed E-state index contributed by atoms with van der Waals surface area (Å²) in [5, 5.41) is 9.27. The van der Waals surface area contributed by atoms with Crippen LogP contribution in [0.2, 0.25) is 0 Å². The third-order valence-corrected chi connectivity index (χ3v) is 5.47. The maximum absolute atomic E-state index is 12.1. The molecule has 1 aliphatic rings. The molecule has 17 heavy (non-hydrogen) atoms. The Morgan fingerprint density at radius 1 is 1.18 bits per heavy atom. The Bertz CT molecular complexity index is 484. The van der Waals surface area contributed by atoms with E-state index in [2.05, 4.69) is 0 Å². The average Bonchev–Trinajstić information content (AvgIpc) is 2.29. The molecular weight excluding hydrogens is 240 g/mol. The molecule has 94 valence electrons. The molecule has 1 saturated heterocycles. The lowest BCUT2D eigenvalue weighted by atomic mass is 9.90. The van der Waals surface area contributed by atoms with Crippen molar-refractivity contribution in [2.24, 2.45) is 0 Å². The van der Waals surface area contributed by atoms with Crippen molar-refractivity contribution < 1.29 is 18.3 Å². The highest BCUT2D eigenvalue weighted by atomic mass is 32.2. The van der Waals surface area contributed by atoms with Gasteiger partial charge < -0.3 is 9.84 Å². The second-order valence-corrected chi connectivity index (χ2v) is 6.75.